The van der Waals surface area contributed by atoms with E-state index in [1.807, 2.05) is 6.92 Å². The zero-order valence-electron chi connectivity index (χ0n) is 9.79. The van der Waals surface area contributed by atoms with Crippen molar-refractivity contribution in [3.63, 3.8) is 0 Å². The maximum atomic E-state index is 12.1. The topological polar surface area (TPSA) is 49.3 Å². The van der Waals surface area contributed by atoms with Crippen LogP contribution in [0.25, 0.3) is 0 Å². The summed E-state index contributed by atoms with van der Waals surface area (Å²) in [6, 6.07) is 4.69. The summed E-state index contributed by atoms with van der Waals surface area (Å²) in [6.07, 6.45) is 4.09. The number of benzene rings is 1. The minimum atomic E-state index is -0.260. The smallest absolute Gasteiger partial charge is 0.230 e. The number of phenols is 1. The first-order valence-corrected chi connectivity index (χ1v) is 6.19. The van der Waals surface area contributed by atoms with Crippen LogP contribution in [0.15, 0.2) is 18.2 Å². The SMILES string of the molecule is CC1(C(=O)Nc2ccc(O)c(Cl)c2)CCCC1. The summed E-state index contributed by atoms with van der Waals surface area (Å²) in [7, 11) is 0. The molecule has 0 bridgehead atoms. The van der Waals surface area contributed by atoms with Crippen molar-refractivity contribution in [3.8, 4) is 5.75 Å². The van der Waals surface area contributed by atoms with Crippen LogP contribution in [0.1, 0.15) is 32.6 Å². The van der Waals surface area contributed by atoms with Gasteiger partial charge in [-0.3, -0.25) is 4.79 Å². The van der Waals surface area contributed by atoms with E-state index in [9.17, 15) is 9.90 Å². The predicted octanol–water partition coefficient (Wildman–Crippen LogP) is 3.56. The van der Waals surface area contributed by atoms with E-state index in [4.69, 9.17) is 11.6 Å². The molecule has 2 rings (SSSR count). The molecule has 0 heterocycles. The summed E-state index contributed by atoms with van der Waals surface area (Å²) < 4.78 is 0. The summed E-state index contributed by atoms with van der Waals surface area (Å²) in [5, 5.41) is 12.4. The zero-order valence-corrected chi connectivity index (χ0v) is 10.5. The lowest BCUT2D eigenvalue weighted by Crippen LogP contribution is -2.30. The second-order valence-corrected chi connectivity index (χ2v) is 5.30. The monoisotopic (exact) mass is 253 g/mol. The number of hydrogen-bond donors (Lipinski definition) is 2. The molecule has 1 fully saturated rings. The Morgan fingerprint density at radius 2 is 2.06 bits per heavy atom. The third-order valence-electron chi connectivity index (χ3n) is 3.46. The Morgan fingerprint density at radius 1 is 1.41 bits per heavy atom. The molecule has 2 N–H and O–H groups in total. The summed E-state index contributed by atoms with van der Waals surface area (Å²) in [4.78, 5) is 12.1. The lowest BCUT2D eigenvalue weighted by atomic mass is 9.88. The molecule has 1 aromatic carbocycles. The van der Waals surface area contributed by atoms with Gasteiger partial charge in [0.15, 0.2) is 0 Å². The molecule has 4 heteroatoms. The fourth-order valence-electron chi connectivity index (χ4n) is 2.25. The van der Waals surface area contributed by atoms with Crippen molar-refractivity contribution in [2.45, 2.75) is 32.6 Å². The number of anilines is 1. The lowest BCUT2D eigenvalue weighted by Gasteiger charge is -2.22. The maximum absolute atomic E-state index is 12.1. The van der Waals surface area contributed by atoms with Gasteiger partial charge in [0, 0.05) is 11.1 Å². The highest BCUT2D eigenvalue weighted by molar-refractivity contribution is 6.32. The van der Waals surface area contributed by atoms with E-state index in [1.54, 1.807) is 12.1 Å². The number of hydrogen-bond acceptors (Lipinski definition) is 2. The van der Waals surface area contributed by atoms with E-state index in [-0.39, 0.29) is 22.1 Å². The number of nitrogens with one attached hydrogen (secondary N) is 1. The number of aromatic hydroxyl groups is 1. The van der Waals surface area contributed by atoms with Gasteiger partial charge < -0.3 is 10.4 Å². The van der Waals surface area contributed by atoms with Gasteiger partial charge in [-0.15, -0.1) is 0 Å². The molecular formula is C13H16ClNO2. The van der Waals surface area contributed by atoms with Gasteiger partial charge in [-0.1, -0.05) is 31.4 Å². The van der Waals surface area contributed by atoms with Crippen LogP contribution in [0, 0.1) is 5.41 Å². The molecule has 1 aromatic rings. The Labute approximate surface area is 106 Å². The third kappa shape index (κ3) is 2.55. The quantitative estimate of drug-likeness (QED) is 0.792. The number of phenolic OH excluding ortho intramolecular Hbond substituents is 1. The van der Waals surface area contributed by atoms with Crippen molar-refractivity contribution < 1.29 is 9.90 Å². The van der Waals surface area contributed by atoms with E-state index in [1.165, 1.54) is 6.07 Å². The van der Waals surface area contributed by atoms with Crippen LogP contribution >= 0.6 is 11.6 Å². The molecule has 92 valence electrons. The Balaban J connectivity index is 2.10. The number of amides is 1. The van der Waals surface area contributed by atoms with Gasteiger partial charge >= 0.3 is 0 Å². The predicted molar refractivity (Wildman–Crippen MR) is 68.3 cm³/mol. The van der Waals surface area contributed by atoms with Gasteiger partial charge in [-0.05, 0) is 31.0 Å². The third-order valence-corrected chi connectivity index (χ3v) is 3.76. The van der Waals surface area contributed by atoms with E-state index in [0.717, 1.165) is 25.7 Å². The molecule has 0 radical (unpaired) electrons. The van der Waals surface area contributed by atoms with Crippen molar-refractivity contribution >= 4 is 23.2 Å². The zero-order chi connectivity index (χ0) is 12.5. The van der Waals surface area contributed by atoms with Crippen molar-refractivity contribution in [3.05, 3.63) is 23.2 Å². The number of carbonyl (C=O) groups is 1. The molecule has 0 aliphatic heterocycles. The van der Waals surface area contributed by atoms with E-state index in [2.05, 4.69) is 5.32 Å². The Morgan fingerprint density at radius 3 is 2.65 bits per heavy atom. The summed E-state index contributed by atoms with van der Waals surface area (Å²) in [5.74, 6) is 0.0634. The lowest BCUT2D eigenvalue weighted by molar-refractivity contribution is -0.124. The Kier molecular flexibility index (Phi) is 3.29. The average Bonchev–Trinajstić information content (AvgIpc) is 2.72. The van der Waals surface area contributed by atoms with Crippen LogP contribution in [-0.2, 0) is 4.79 Å². The molecule has 1 aliphatic rings. The molecule has 0 atom stereocenters. The standard InChI is InChI=1S/C13H16ClNO2/c1-13(6-2-3-7-13)12(17)15-9-4-5-11(16)10(14)8-9/h4-5,8,16H,2-3,6-7H2,1H3,(H,15,17). The van der Waals surface area contributed by atoms with Crippen molar-refractivity contribution in [1.29, 1.82) is 0 Å². The van der Waals surface area contributed by atoms with Gasteiger partial charge in [0.2, 0.25) is 5.91 Å². The van der Waals surface area contributed by atoms with Crippen molar-refractivity contribution in [2.75, 3.05) is 5.32 Å². The molecule has 3 nitrogen and oxygen atoms in total. The minimum Gasteiger partial charge on any atom is -0.506 e. The minimum absolute atomic E-state index is 0.0248. The molecular weight excluding hydrogens is 238 g/mol. The van der Waals surface area contributed by atoms with E-state index in [0.29, 0.717) is 5.69 Å². The maximum Gasteiger partial charge on any atom is 0.230 e. The fraction of sp³-hybridized carbons (Fsp3) is 0.462. The summed E-state index contributed by atoms with van der Waals surface area (Å²) in [6.45, 7) is 2.00. The van der Waals surface area contributed by atoms with Gasteiger partial charge in [0.25, 0.3) is 0 Å². The van der Waals surface area contributed by atoms with Crippen LogP contribution < -0.4 is 5.32 Å². The fourth-order valence-corrected chi connectivity index (χ4v) is 2.43. The van der Waals surface area contributed by atoms with Gasteiger partial charge in [-0.25, -0.2) is 0 Å². The van der Waals surface area contributed by atoms with Crippen LogP contribution in [0.3, 0.4) is 0 Å². The molecule has 0 aromatic heterocycles. The second-order valence-electron chi connectivity index (χ2n) is 4.89. The molecule has 17 heavy (non-hydrogen) atoms. The first-order valence-electron chi connectivity index (χ1n) is 5.81. The number of carbonyl (C=O) groups excluding carboxylic acids is 1. The highest BCUT2D eigenvalue weighted by Crippen LogP contribution is 2.38. The number of rotatable bonds is 2. The van der Waals surface area contributed by atoms with Crippen LogP contribution in [0.2, 0.25) is 5.02 Å². The Bertz CT molecular complexity index is 439. The largest absolute Gasteiger partial charge is 0.506 e. The average molecular weight is 254 g/mol. The number of halogens is 1. The molecule has 1 amide bonds. The van der Waals surface area contributed by atoms with Gasteiger partial charge in [0.05, 0.1) is 5.02 Å². The van der Waals surface area contributed by atoms with Crippen LogP contribution in [-0.4, -0.2) is 11.0 Å². The second kappa shape index (κ2) is 4.57. The van der Waals surface area contributed by atoms with Crippen molar-refractivity contribution in [2.24, 2.45) is 5.41 Å². The summed E-state index contributed by atoms with van der Waals surface area (Å²) in [5.41, 5.74) is 0.371. The van der Waals surface area contributed by atoms with Gasteiger partial charge in [-0.2, -0.15) is 0 Å². The van der Waals surface area contributed by atoms with E-state index >= 15 is 0 Å². The first kappa shape index (κ1) is 12.2. The first-order chi connectivity index (χ1) is 8.01. The molecule has 0 saturated heterocycles. The molecule has 0 unspecified atom stereocenters. The highest BCUT2D eigenvalue weighted by atomic mass is 35.5. The highest BCUT2D eigenvalue weighted by Gasteiger charge is 2.36. The van der Waals surface area contributed by atoms with Crippen LogP contribution in [0.4, 0.5) is 5.69 Å². The molecule has 1 saturated carbocycles. The van der Waals surface area contributed by atoms with Gasteiger partial charge in [0.1, 0.15) is 5.75 Å². The Hall–Kier alpha value is -1.22. The van der Waals surface area contributed by atoms with Crippen molar-refractivity contribution in [1.82, 2.24) is 0 Å². The molecule has 0 spiro atoms. The molecule has 1 aliphatic carbocycles. The summed E-state index contributed by atoms with van der Waals surface area (Å²) >= 11 is 5.79. The van der Waals surface area contributed by atoms with E-state index < -0.39 is 0 Å². The normalized spacial score (nSPS) is 18.0. The van der Waals surface area contributed by atoms with Crippen LogP contribution in [0.5, 0.6) is 5.75 Å².